The molecule has 0 aromatic carbocycles. The van der Waals surface area contributed by atoms with Crippen LogP contribution in [0.4, 0.5) is 0 Å². The first kappa shape index (κ1) is 17.2. The van der Waals surface area contributed by atoms with Crippen LogP contribution < -0.4 is 5.32 Å². The van der Waals surface area contributed by atoms with Crippen molar-refractivity contribution >= 4 is 28.4 Å². The molecule has 0 radical (unpaired) electrons. The molecule has 0 aliphatic heterocycles. The van der Waals surface area contributed by atoms with Crippen LogP contribution in [-0.2, 0) is 9.47 Å². The molecule has 2 aromatic rings. The Bertz CT molecular complexity index is 695. The van der Waals surface area contributed by atoms with Crippen LogP contribution >= 0.6 is 11.6 Å². The molecule has 0 saturated heterocycles. The smallest absolute Gasteiger partial charge is 0.272 e. The molecule has 1 amide bonds. The van der Waals surface area contributed by atoms with Gasteiger partial charge in [-0.25, -0.2) is 4.98 Å². The molecule has 24 heavy (non-hydrogen) atoms. The minimum absolute atomic E-state index is 0.144. The summed E-state index contributed by atoms with van der Waals surface area (Å²) in [5.74, 6) is -0.186. The van der Waals surface area contributed by atoms with Gasteiger partial charge in [0.25, 0.3) is 5.91 Å². The van der Waals surface area contributed by atoms with E-state index in [2.05, 4.69) is 15.3 Å². The number of halogens is 1. The number of hydrogen-bond acceptors (Lipinski definition) is 4. The van der Waals surface area contributed by atoms with Crippen molar-refractivity contribution < 1.29 is 14.3 Å². The molecule has 2 N–H and O–H groups in total. The van der Waals surface area contributed by atoms with Crippen LogP contribution in [0, 0.1) is 0 Å². The molecule has 1 aliphatic carbocycles. The van der Waals surface area contributed by atoms with E-state index in [-0.39, 0.29) is 18.1 Å². The van der Waals surface area contributed by atoms with Crippen molar-refractivity contribution in [3.63, 3.8) is 0 Å². The maximum Gasteiger partial charge on any atom is 0.272 e. The predicted octanol–water partition coefficient (Wildman–Crippen LogP) is 2.92. The maximum atomic E-state index is 12.6. The van der Waals surface area contributed by atoms with Crippen molar-refractivity contribution in [3.05, 3.63) is 29.2 Å². The minimum Gasteiger partial charge on any atom is -0.382 e. The van der Waals surface area contributed by atoms with Crippen LogP contribution in [0.15, 0.2) is 18.3 Å². The van der Waals surface area contributed by atoms with Crippen molar-refractivity contribution in [2.24, 2.45) is 0 Å². The van der Waals surface area contributed by atoms with Gasteiger partial charge in [-0.3, -0.25) is 4.79 Å². The van der Waals surface area contributed by atoms with E-state index in [0.717, 1.165) is 31.1 Å². The summed E-state index contributed by atoms with van der Waals surface area (Å²) >= 11 is 6.02. The lowest BCUT2D eigenvalue weighted by atomic mass is 9.93. The first-order valence-corrected chi connectivity index (χ1v) is 8.60. The zero-order chi connectivity index (χ0) is 16.9. The number of nitrogens with one attached hydrogen (secondary N) is 2. The van der Waals surface area contributed by atoms with Gasteiger partial charge in [0.2, 0.25) is 0 Å². The normalized spacial score (nSPS) is 21.1. The van der Waals surface area contributed by atoms with Crippen molar-refractivity contribution in [1.29, 1.82) is 0 Å². The molecule has 0 spiro atoms. The van der Waals surface area contributed by atoms with Gasteiger partial charge in [-0.05, 0) is 37.8 Å². The molecule has 0 unspecified atom stereocenters. The van der Waals surface area contributed by atoms with Gasteiger partial charge in [0.05, 0.1) is 24.8 Å². The summed E-state index contributed by atoms with van der Waals surface area (Å²) in [4.78, 5) is 19.8. The molecular formula is C17H22ClN3O3. The third-order valence-corrected chi connectivity index (χ3v) is 4.57. The van der Waals surface area contributed by atoms with Crippen molar-refractivity contribution in [2.75, 3.05) is 20.3 Å². The minimum atomic E-state index is -0.186. The lowest BCUT2D eigenvalue weighted by Crippen LogP contribution is -2.39. The standard InChI is InChI=1S/C17H22ClN3O3/c1-23-8-9-24-13-4-2-12(3-5-13)20-17(22)16-15-11(6-7-19-15)10-14(18)21-16/h6-7,10,12-13,19H,2-5,8-9H2,1H3,(H,20,22)/t12-,13-. The number of aromatic amines is 1. The predicted molar refractivity (Wildman–Crippen MR) is 92.4 cm³/mol. The average molecular weight is 352 g/mol. The van der Waals surface area contributed by atoms with Crippen LogP contribution in [-0.4, -0.2) is 48.3 Å². The van der Waals surface area contributed by atoms with E-state index in [1.54, 1.807) is 19.4 Å². The fourth-order valence-electron chi connectivity index (χ4n) is 3.12. The molecule has 1 aliphatic rings. The number of aromatic nitrogens is 2. The van der Waals surface area contributed by atoms with E-state index in [1.165, 1.54) is 0 Å². The lowest BCUT2D eigenvalue weighted by Gasteiger charge is -2.29. The lowest BCUT2D eigenvalue weighted by molar-refractivity contribution is -0.00409. The Morgan fingerprint density at radius 3 is 2.92 bits per heavy atom. The Labute approximate surface area is 145 Å². The summed E-state index contributed by atoms with van der Waals surface area (Å²) in [5, 5.41) is 4.28. The van der Waals surface area contributed by atoms with E-state index in [4.69, 9.17) is 21.1 Å². The second-order valence-corrected chi connectivity index (χ2v) is 6.43. The largest absolute Gasteiger partial charge is 0.382 e. The van der Waals surface area contributed by atoms with E-state index in [1.807, 2.05) is 6.07 Å². The monoisotopic (exact) mass is 351 g/mol. The number of hydrogen-bond donors (Lipinski definition) is 2. The molecule has 2 aromatic heterocycles. The third-order valence-electron chi connectivity index (χ3n) is 4.37. The fourth-order valence-corrected chi connectivity index (χ4v) is 3.32. The Hall–Kier alpha value is -1.63. The van der Waals surface area contributed by atoms with Crippen LogP contribution in [0.1, 0.15) is 36.2 Å². The summed E-state index contributed by atoms with van der Waals surface area (Å²) in [7, 11) is 1.67. The first-order valence-electron chi connectivity index (χ1n) is 8.22. The zero-order valence-electron chi connectivity index (χ0n) is 13.7. The Morgan fingerprint density at radius 2 is 2.17 bits per heavy atom. The summed E-state index contributed by atoms with van der Waals surface area (Å²) in [6, 6.07) is 3.76. The second-order valence-electron chi connectivity index (χ2n) is 6.05. The molecule has 6 nitrogen and oxygen atoms in total. The number of fused-ring (bicyclic) bond motifs is 1. The Balaban J connectivity index is 1.57. The highest BCUT2D eigenvalue weighted by Gasteiger charge is 2.24. The quantitative estimate of drug-likeness (QED) is 0.619. The number of pyridine rings is 1. The molecule has 0 atom stereocenters. The molecule has 0 bridgehead atoms. The number of ether oxygens (including phenoxy) is 2. The van der Waals surface area contributed by atoms with Gasteiger partial charge in [0, 0.05) is 24.7 Å². The van der Waals surface area contributed by atoms with E-state index in [0.29, 0.717) is 29.6 Å². The van der Waals surface area contributed by atoms with Gasteiger partial charge in [0.15, 0.2) is 5.69 Å². The SMILES string of the molecule is COCCO[C@H]1CC[C@H](NC(=O)c2nc(Cl)cc3cc[nH]c23)CC1. The van der Waals surface area contributed by atoms with Gasteiger partial charge >= 0.3 is 0 Å². The highest BCUT2D eigenvalue weighted by atomic mass is 35.5. The molecule has 2 heterocycles. The molecular weight excluding hydrogens is 330 g/mol. The summed E-state index contributed by atoms with van der Waals surface area (Å²) in [5.41, 5.74) is 1.06. The second kappa shape index (κ2) is 7.96. The zero-order valence-corrected chi connectivity index (χ0v) is 14.4. The molecule has 7 heteroatoms. The van der Waals surface area contributed by atoms with Crippen LogP contribution in [0.2, 0.25) is 5.15 Å². The molecule has 1 fully saturated rings. The molecule has 3 rings (SSSR count). The maximum absolute atomic E-state index is 12.6. The highest BCUT2D eigenvalue weighted by Crippen LogP contribution is 2.23. The Kier molecular flexibility index (Phi) is 5.71. The summed E-state index contributed by atoms with van der Waals surface area (Å²) < 4.78 is 10.7. The van der Waals surface area contributed by atoms with E-state index >= 15 is 0 Å². The van der Waals surface area contributed by atoms with Gasteiger partial charge in [-0.15, -0.1) is 0 Å². The van der Waals surface area contributed by atoms with Crippen LogP contribution in [0.25, 0.3) is 10.9 Å². The fraction of sp³-hybridized carbons (Fsp3) is 0.529. The number of rotatable bonds is 6. The van der Waals surface area contributed by atoms with Gasteiger partial charge in [-0.2, -0.15) is 0 Å². The highest BCUT2D eigenvalue weighted by molar-refractivity contribution is 6.30. The third kappa shape index (κ3) is 4.06. The van der Waals surface area contributed by atoms with Gasteiger partial charge < -0.3 is 19.8 Å². The summed E-state index contributed by atoms with van der Waals surface area (Å²) in [6.07, 6.45) is 5.72. The number of H-pyrrole nitrogens is 1. The van der Waals surface area contributed by atoms with Gasteiger partial charge in [-0.1, -0.05) is 11.6 Å². The van der Waals surface area contributed by atoms with E-state index < -0.39 is 0 Å². The number of carbonyl (C=O) groups excluding carboxylic acids is 1. The topological polar surface area (TPSA) is 76.2 Å². The average Bonchev–Trinajstić information content (AvgIpc) is 3.04. The van der Waals surface area contributed by atoms with Crippen molar-refractivity contribution in [1.82, 2.24) is 15.3 Å². The number of methoxy groups -OCH3 is 1. The number of amides is 1. The Morgan fingerprint density at radius 1 is 1.38 bits per heavy atom. The number of carbonyl (C=O) groups is 1. The van der Waals surface area contributed by atoms with Crippen molar-refractivity contribution in [2.45, 2.75) is 37.8 Å². The van der Waals surface area contributed by atoms with Gasteiger partial charge in [0.1, 0.15) is 5.15 Å². The van der Waals surface area contributed by atoms with Crippen LogP contribution in [0.5, 0.6) is 0 Å². The molecule has 1 saturated carbocycles. The van der Waals surface area contributed by atoms with Crippen molar-refractivity contribution in [3.8, 4) is 0 Å². The number of nitrogens with zero attached hydrogens (tertiary/aromatic N) is 1. The van der Waals surface area contributed by atoms with Crippen LogP contribution in [0.3, 0.4) is 0 Å². The van der Waals surface area contributed by atoms with E-state index in [9.17, 15) is 4.79 Å². The summed E-state index contributed by atoms with van der Waals surface area (Å²) in [6.45, 7) is 1.23. The first-order chi connectivity index (χ1) is 11.7. The molecule has 130 valence electrons.